The maximum Gasteiger partial charge on any atom is 0.326 e. The third-order valence-electron chi connectivity index (χ3n) is 4.76. The molecule has 1 amide bonds. The van der Waals surface area contributed by atoms with Crippen molar-refractivity contribution in [3.63, 3.8) is 0 Å². The van der Waals surface area contributed by atoms with E-state index in [4.69, 9.17) is 0 Å². The number of hydrogen-bond donors (Lipinski definition) is 3. The zero-order chi connectivity index (χ0) is 19.0. The van der Waals surface area contributed by atoms with E-state index in [1.165, 1.54) is 6.92 Å². The maximum absolute atomic E-state index is 12.4. The number of allylic oxidation sites excluding steroid dienone is 2. The summed E-state index contributed by atoms with van der Waals surface area (Å²) in [6.45, 7) is 3.56. The van der Waals surface area contributed by atoms with Gasteiger partial charge in [0, 0.05) is 12.5 Å². The maximum atomic E-state index is 12.4. The molecule has 0 aromatic rings. The highest BCUT2D eigenvalue weighted by molar-refractivity contribution is 6.39. The van der Waals surface area contributed by atoms with Crippen LogP contribution in [0.3, 0.4) is 0 Å². The molecule has 0 saturated carbocycles. The Morgan fingerprint density at radius 2 is 1.92 bits per heavy atom. The number of nitrogens with zero attached hydrogens (tertiary/aromatic N) is 1. The van der Waals surface area contributed by atoms with Crippen molar-refractivity contribution in [2.75, 3.05) is 6.54 Å². The minimum Gasteiger partial charge on any atom is -0.480 e. The number of piperidine rings is 1. The third-order valence-corrected chi connectivity index (χ3v) is 4.76. The lowest BCUT2D eigenvalue weighted by Gasteiger charge is -2.35. The molecule has 0 aromatic carbocycles. The number of ketones is 1. The van der Waals surface area contributed by atoms with Gasteiger partial charge >= 0.3 is 5.97 Å². The molecule has 1 heterocycles. The molecule has 1 aliphatic rings. The lowest BCUT2D eigenvalue weighted by Crippen LogP contribution is -2.57. The molecule has 2 atom stereocenters. The van der Waals surface area contributed by atoms with Gasteiger partial charge in [0.1, 0.15) is 6.04 Å². The van der Waals surface area contributed by atoms with Crippen LogP contribution in [0.4, 0.5) is 0 Å². The topological polar surface area (TPSA) is 115 Å². The first-order valence-corrected chi connectivity index (χ1v) is 8.87. The van der Waals surface area contributed by atoms with E-state index in [9.17, 15) is 29.7 Å². The van der Waals surface area contributed by atoms with Crippen LogP contribution in [0.25, 0.3) is 0 Å². The Morgan fingerprint density at radius 1 is 1.24 bits per heavy atom. The average molecular weight is 355 g/mol. The van der Waals surface area contributed by atoms with E-state index >= 15 is 0 Å². The van der Waals surface area contributed by atoms with Crippen LogP contribution in [0.15, 0.2) is 12.2 Å². The second-order valence-electron chi connectivity index (χ2n) is 6.66. The number of carbonyl (C=O) groups excluding carboxylic acids is 2. The number of carboxylic acids is 1. The molecule has 0 radical (unpaired) electrons. The Morgan fingerprint density at radius 3 is 2.52 bits per heavy atom. The quantitative estimate of drug-likeness (QED) is 0.250. The number of amides is 1. The Kier molecular flexibility index (Phi) is 8.25. The van der Waals surface area contributed by atoms with Crippen LogP contribution in [0.1, 0.15) is 58.8 Å². The number of carboxylic acid groups (broad SMARTS) is 1. The predicted molar refractivity (Wildman–Crippen MR) is 91.6 cm³/mol. The zero-order valence-electron chi connectivity index (χ0n) is 15.0. The first kappa shape index (κ1) is 21.3. The summed E-state index contributed by atoms with van der Waals surface area (Å²) in [5, 5.41) is 29.6. The first-order valence-electron chi connectivity index (χ1n) is 8.87. The molecule has 1 fully saturated rings. The minimum atomic E-state index is -2.78. The molecule has 3 N–H and O–H groups in total. The summed E-state index contributed by atoms with van der Waals surface area (Å²) in [6.07, 6.45) is 8.24. The highest BCUT2D eigenvalue weighted by atomic mass is 16.5. The van der Waals surface area contributed by atoms with Gasteiger partial charge in [-0.2, -0.15) is 0 Å². The van der Waals surface area contributed by atoms with Crippen LogP contribution in [-0.4, -0.2) is 56.3 Å². The third kappa shape index (κ3) is 5.64. The Balaban J connectivity index is 2.70. The van der Waals surface area contributed by atoms with E-state index < -0.39 is 35.4 Å². The number of likely N-dealkylation sites (tertiary alicyclic amines) is 1. The summed E-state index contributed by atoms with van der Waals surface area (Å²) < 4.78 is 0. The fourth-order valence-electron chi connectivity index (χ4n) is 3.02. The molecule has 25 heavy (non-hydrogen) atoms. The molecule has 2 unspecified atom stereocenters. The molecule has 7 nitrogen and oxygen atoms in total. The summed E-state index contributed by atoms with van der Waals surface area (Å²) >= 11 is 0. The number of aliphatic hydroxyl groups is 2. The van der Waals surface area contributed by atoms with Crippen LogP contribution in [0.5, 0.6) is 0 Å². The normalized spacial score (nSPS) is 19.8. The summed E-state index contributed by atoms with van der Waals surface area (Å²) in [6, 6.07) is -1.09. The lowest BCUT2D eigenvalue weighted by molar-refractivity contribution is -0.205. The fourth-order valence-corrected chi connectivity index (χ4v) is 3.02. The fraction of sp³-hybridized carbons (Fsp3) is 0.722. The summed E-state index contributed by atoms with van der Waals surface area (Å²) in [7, 11) is 0. The number of rotatable bonds is 9. The van der Waals surface area contributed by atoms with Gasteiger partial charge in [-0.15, -0.1) is 0 Å². The van der Waals surface area contributed by atoms with Gasteiger partial charge in [-0.25, -0.2) is 4.79 Å². The highest BCUT2D eigenvalue weighted by Crippen LogP contribution is 2.25. The number of Topliss-reactive ketones (excluding diaryl/α,β-unsaturated/α-hetero) is 1. The second kappa shape index (κ2) is 9.68. The predicted octanol–water partition coefficient (Wildman–Crippen LogP) is 1.47. The van der Waals surface area contributed by atoms with Crippen molar-refractivity contribution in [3.8, 4) is 0 Å². The average Bonchev–Trinajstić information content (AvgIpc) is 2.59. The number of aliphatic carboxylic acids is 1. The van der Waals surface area contributed by atoms with Gasteiger partial charge in [0.15, 0.2) is 0 Å². The van der Waals surface area contributed by atoms with Gasteiger partial charge in [-0.05, 0) is 45.4 Å². The van der Waals surface area contributed by atoms with Gasteiger partial charge in [-0.1, -0.05) is 25.5 Å². The van der Waals surface area contributed by atoms with Crippen molar-refractivity contribution in [2.45, 2.75) is 70.6 Å². The molecular weight excluding hydrogens is 326 g/mol. The molecule has 0 spiro atoms. The minimum absolute atomic E-state index is 0.134. The van der Waals surface area contributed by atoms with Crippen molar-refractivity contribution in [1.29, 1.82) is 0 Å². The molecule has 0 bridgehead atoms. The van der Waals surface area contributed by atoms with E-state index in [0.29, 0.717) is 25.7 Å². The molecular formula is C18H29NO6. The summed E-state index contributed by atoms with van der Waals surface area (Å²) in [5.41, 5.74) is 0. The smallest absolute Gasteiger partial charge is 0.326 e. The van der Waals surface area contributed by atoms with Crippen LogP contribution < -0.4 is 0 Å². The van der Waals surface area contributed by atoms with E-state index in [2.05, 4.69) is 0 Å². The summed E-state index contributed by atoms with van der Waals surface area (Å²) in [5.74, 6) is -7.25. The van der Waals surface area contributed by atoms with E-state index in [-0.39, 0.29) is 13.0 Å². The Bertz CT molecular complexity index is 514. The van der Waals surface area contributed by atoms with Crippen molar-refractivity contribution < 1.29 is 29.7 Å². The highest BCUT2D eigenvalue weighted by Gasteiger charge is 2.46. The molecule has 0 aromatic heterocycles. The van der Waals surface area contributed by atoms with Gasteiger partial charge in [0.25, 0.3) is 11.7 Å². The molecule has 0 aliphatic carbocycles. The standard InChI is InChI=1S/C18H29NO6/c1-3-4-5-6-7-10-13(2)18(24,25)15(20)16(21)19-12-9-8-11-14(19)17(22)23/h3-4,13-14,24-25H,5-12H2,1-2H3,(H,22,23)/b4-3-. The van der Waals surface area contributed by atoms with Crippen LogP contribution >= 0.6 is 0 Å². The summed E-state index contributed by atoms with van der Waals surface area (Å²) in [4.78, 5) is 36.9. The van der Waals surface area contributed by atoms with Crippen molar-refractivity contribution >= 4 is 17.7 Å². The van der Waals surface area contributed by atoms with Crippen LogP contribution in [0.2, 0.25) is 0 Å². The number of hydrogen-bond acceptors (Lipinski definition) is 5. The van der Waals surface area contributed by atoms with Gasteiger partial charge in [0.05, 0.1) is 0 Å². The van der Waals surface area contributed by atoms with E-state index in [1.54, 1.807) is 0 Å². The number of unbranched alkanes of at least 4 members (excludes halogenated alkanes) is 2. The molecule has 1 aliphatic heterocycles. The Hall–Kier alpha value is -1.73. The first-order chi connectivity index (χ1) is 11.7. The largest absolute Gasteiger partial charge is 0.480 e. The van der Waals surface area contributed by atoms with Crippen molar-refractivity contribution in [3.05, 3.63) is 12.2 Å². The van der Waals surface area contributed by atoms with Gasteiger partial charge in [0.2, 0.25) is 5.79 Å². The number of carbonyl (C=O) groups is 3. The zero-order valence-corrected chi connectivity index (χ0v) is 15.0. The van der Waals surface area contributed by atoms with Gasteiger partial charge < -0.3 is 20.2 Å². The lowest BCUT2D eigenvalue weighted by atomic mass is 9.90. The van der Waals surface area contributed by atoms with E-state index in [1.807, 2.05) is 19.1 Å². The molecule has 1 rings (SSSR count). The monoisotopic (exact) mass is 355 g/mol. The Labute approximate surface area is 148 Å². The van der Waals surface area contributed by atoms with Gasteiger partial charge in [-0.3, -0.25) is 9.59 Å². The van der Waals surface area contributed by atoms with Crippen LogP contribution in [0, 0.1) is 5.92 Å². The SMILES string of the molecule is C/C=C\CCCCC(C)C(O)(O)C(=O)C(=O)N1CCCCC1C(=O)O. The van der Waals surface area contributed by atoms with Crippen molar-refractivity contribution in [2.24, 2.45) is 5.92 Å². The van der Waals surface area contributed by atoms with Crippen molar-refractivity contribution in [1.82, 2.24) is 4.90 Å². The van der Waals surface area contributed by atoms with E-state index in [0.717, 1.165) is 17.7 Å². The molecule has 7 heteroatoms. The molecule has 1 saturated heterocycles. The second-order valence-corrected chi connectivity index (χ2v) is 6.66. The van der Waals surface area contributed by atoms with Crippen LogP contribution in [-0.2, 0) is 14.4 Å². The molecule has 142 valence electrons.